The van der Waals surface area contributed by atoms with Crippen LogP contribution >= 0.6 is 0 Å². The van der Waals surface area contributed by atoms with Crippen LogP contribution in [-0.2, 0) is 14.3 Å². The number of pyridine rings is 1. The summed E-state index contributed by atoms with van der Waals surface area (Å²) in [6.07, 6.45) is 9.55. The molecule has 0 aliphatic carbocycles. The zero-order chi connectivity index (χ0) is 41.4. The van der Waals surface area contributed by atoms with Gasteiger partial charge in [0.05, 0.1) is 30.1 Å². The van der Waals surface area contributed by atoms with Crippen molar-refractivity contribution in [3.05, 3.63) is 47.7 Å². The predicted molar refractivity (Wildman–Crippen MR) is 211 cm³/mol. The number of amides is 1. The molecule has 6 heterocycles. The number of benzene rings is 2. The van der Waals surface area contributed by atoms with E-state index in [1.165, 1.54) is 57.3 Å². The molecule has 58 heavy (non-hydrogen) atoms. The number of halogens is 3. The number of terminal acetylenes is 1. The molecule has 2 N–H and O–H groups in total. The van der Waals surface area contributed by atoms with Crippen LogP contribution in [0.15, 0.2) is 30.5 Å². The van der Waals surface area contributed by atoms with Crippen molar-refractivity contribution < 1.29 is 42.1 Å². The summed E-state index contributed by atoms with van der Waals surface area (Å²) in [5, 5.41) is 14.3. The van der Waals surface area contributed by atoms with Crippen molar-refractivity contribution in [3.8, 4) is 35.4 Å². The number of hydrogen-bond acceptors (Lipinski definition) is 12. The van der Waals surface area contributed by atoms with Gasteiger partial charge in [0.25, 0.3) is 0 Å². The van der Waals surface area contributed by atoms with E-state index in [-0.39, 0.29) is 62.9 Å². The number of fused-ring (bicyclic) bond motifs is 5. The molecule has 0 saturated carbocycles. The number of aromatic nitrogens is 3. The van der Waals surface area contributed by atoms with Crippen LogP contribution in [0.2, 0.25) is 0 Å². The molecule has 2 aromatic carbocycles. The standard InChI is InChI=1S/C35H36F2N6O6.C7H12FN/c1-7-23-26(36)11-8-19-12-22(44)13-24(27(19)23)30-28(37)31-25(14-39-30)32(41-34(40-31)47-6)42-15-20-9-10-21(16-42)43(20)35(46)49-18(4)48-33(45)29(38-5)17(2)3;8-6-4-7-2-1-3-9(7)5-6/h1,8,11-14,17-18,20-21,29,38,44H,9-10,15-16H2,2-6H3;6-7H,1-5H2/t18?,20?,21?,29-;6-,7?/m01/s1. The zero-order valence-electron chi connectivity index (χ0n) is 33.2. The monoisotopic (exact) mass is 803 g/mol. The number of alkyl halides is 1. The molecular weight excluding hydrogens is 755 g/mol. The Kier molecular flexibility index (Phi) is 11.8. The number of rotatable bonds is 8. The van der Waals surface area contributed by atoms with Crippen molar-refractivity contribution in [1.82, 2.24) is 30.1 Å². The number of aromatic hydroxyl groups is 1. The minimum Gasteiger partial charge on any atom is -0.508 e. The third-order valence-electron chi connectivity index (χ3n) is 11.5. The second-order valence-electron chi connectivity index (χ2n) is 15.6. The number of esters is 1. The maximum absolute atomic E-state index is 16.5. The summed E-state index contributed by atoms with van der Waals surface area (Å²) in [5.74, 6) is 0.456. The van der Waals surface area contributed by atoms with Gasteiger partial charge in [-0.05, 0) is 75.2 Å². The maximum Gasteiger partial charge on any atom is 0.413 e. The van der Waals surface area contributed by atoms with Gasteiger partial charge in [-0.15, -0.1) is 6.42 Å². The van der Waals surface area contributed by atoms with Crippen LogP contribution in [0.3, 0.4) is 0 Å². The van der Waals surface area contributed by atoms with E-state index in [1.807, 2.05) is 18.7 Å². The summed E-state index contributed by atoms with van der Waals surface area (Å²) in [4.78, 5) is 45.0. The number of methoxy groups -OCH3 is 1. The van der Waals surface area contributed by atoms with Crippen LogP contribution in [0.5, 0.6) is 11.8 Å². The highest BCUT2D eigenvalue weighted by Crippen LogP contribution is 2.40. The molecule has 4 saturated heterocycles. The highest BCUT2D eigenvalue weighted by atomic mass is 19.1. The summed E-state index contributed by atoms with van der Waals surface area (Å²) in [7, 11) is 3.02. The number of piperazine rings is 1. The first-order valence-corrected chi connectivity index (χ1v) is 19.6. The van der Waals surface area contributed by atoms with Crippen LogP contribution < -0.4 is 15.0 Å². The third-order valence-corrected chi connectivity index (χ3v) is 11.5. The average Bonchev–Trinajstić information content (AvgIpc) is 3.85. The Morgan fingerprint density at radius 3 is 2.43 bits per heavy atom. The molecule has 13 nitrogen and oxygen atoms in total. The predicted octanol–water partition coefficient (Wildman–Crippen LogP) is 5.93. The van der Waals surface area contributed by atoms with Crippen molar-refractivity contribution >= 4 is 39.6 Å². The Morgan fingerprint density at radius 1 is 1.03 bits per heavy atom. The summed E-state index contributed by atoms with van der Waals surface area (Å²) in [6, 6.07) is 4.76. The van der Waals surface area contributed by atoms with Crippen LogP contribution in [0.1, 0.15) is 58.4 Å². The average molecular weight is 804 g/mol. The van der Waals surface area contributed by atoms with Crippen molar-refractivity contribution in [1.29, 1.82) is 0 Å². The molecule has 6 atom stereocenters. The van der Waals surface area contributed by atoms with Crippen molar-refractivity contribution in [2.24, 2.45) is 5.92 Å². The molecule has 0 spiro atoms. The summed E-state index contributed by atoms with van der Waals surface area (Å²) >= 11 is 0. The highest BCUT2D eigenvalue weighted by molar-refractivity contribution is 6.03. The van der Waals surface area contributed by atoms with E-state index in [4.69, 9.17) is 20.6 Å². The molecular formula is C42H48F3N7O6. The summed E-state index contributed by atoms with van der Waals surface area (Å²) in [5.41, 5.74) is -0.296. The lowest BCUT2D eigenvalue weighted by atomic mass is 9.96. The smallest absolute Gasteiger partial charge is 0.413 e. The molecule has 308 valence electrons. The lowest BCUT2D eigenvalue weighted by Gasteiger charge is -2.41. The first-order chi connectivity index (χ1) is 27.8. The zero-order valence-corrected chi connectivity index (χ0v) is 33.2. The molecule has 4 unspecified atom stereocenters. The van der Waals surface area contributed by atoms with E-state index in [1.54, 1.807) is 11.9 Å². The maximum atomic E-state index is 16.5. The molecule has 4 aliphatic heterocycles. The SMILES string of the molecule is C#Cc1c(F)ccc2cc(O)cc(-c3ncc4c(N5CC6CCC(C5)N6C(=O)OC(C)OC(=O)[C@@H](NC)C(C)C)nc(OC)nc4c3F)c12.F[C@@H]1CC2CCCN2C1. The number of carbonyl (C=O) groups excluding carboxylic acids is 2. The number of nitrogens with zero attached hydrogens (tertiary/aromatic N) is 6. The van der Waals surface area contributed by atoms with Crippen molar-refractivity contribution in [3.63, 3.8) is 0 Å². The van der Waals surface area contributed by atoms with Gasteiger partial charge in [-0.2, -0.15) is 9.97 Å². The van der Waals surface area contributed by atoms with E-state index in [2.05, 4.69) is 31.1 Å². The quantitative estimate of drug-likeness (QED) is 0.124. The summed E-state index contributed by atoms with van der Waals surface area (Å²) < 4.78 is 60.1. The molecule has 2 bridgehead atoms. The second-order valence-corrected chi connectivity index (χ2v) is 15.6. The lowest BCUT2D eigenvalue weighted by Crippen LogP contribution is -2.56. The Balaban J connectivity index is 0.000000496. The molecule has 4 aliphatic rings. The van der Waals surface area contributed by atoms with Gasteiger partial charge < -0.3 is 29.5 Å². The number of ether oxygens (including phenoxy) is 3. The van der Waals surface area contributed by atoms with Gasteiger partial charge in [-0.25, -0.2) is 18.0 Å². The minimum absolute atomic E-state index is 0.0198. The topological polar surface area (TPSA) is 142 Å². The van der Waals surface area contributed by atoms with E-state index < -0.39 is 42.2 Å². The first-order valence-electron chi connectivity index (χ1n) is 19.6. The van der Waals surface area contributed by atoms with Gasteiger partial charge in [0.2, 0.25) is 6.29 Å². The van der Waals surface area contributed by atoms with Crippen LogP contribution in [0.4, 0.5) is 23.8 Å². The fourth-order valence-electron chi connectivity index (χ4n) is 8.88. The number of phenolic OH excluding ortho intramolecular Hbond substituents is 1. The Labute approximate surface area is 334 Å². The Morgan fingerprint density at radius 2 is 1.78 bits per heavy atom. The molecule has 2 aromatic heterocycles. The normalized spacial score (nSPS) is 22.3. The molecule has 0 radical (unpaired) electrons. The van der Waals surface area contributed by atoms with E-state index in [0.29, 0.717) is 49.7 Å². The minimum atomic E-state index is -1.10. The Bertz CT molecular complexity index is 2230. The van der Waals surface area contributed by atoms with Crippen LogP contribution in [0, 0.1) is 29.9 Å². The van der Waals surface area contributed by atoms with E-state index in [9.17, 15) is 23.5 Å². The van der Waals surface area contributed by atoms with Crippen LogP contribution in [0.25, 0.3) is 32.9 Å². The largest absolute Gasteiger partial charge is 0.508 e. The number of carbonyl (C=O) groups is 2. The fourth-order valence-corrected chi connectivity index (χ4v) is 8.88. The number of nitrogens with one attached hydrogen (secondary N) is 1. The highest BCUT2D eigenvalue weighted by Gasteiger charge is 2.45. The number of anilines is 1. The van der Waals surface area contributed by atoms with Gasteiger partial charge in [-0.3, -0.25) is 19.6 Å². The van der Waals surface area contributed by atoms with Gasteiger partial charge in [0.1, 0.15) is 40.8 Å². The van der Waals surface area contributed by atoms with Crippen molar-refractivity contribution in [2.75, 3.05) is 45.2 Å². The number of hydrogen-bond donors (Lipinski definition) is 2. The molecule has 1 amide bonds. The Hall–Kier alpha value is -5.40. The van der Waals surface area contributed by atoms with E-state index >= 15 is 4.39 Å². The van der Waals surface area contributed by atoms with Crippen LogP contribution in [-0.4, -0.2) is 119 Å². The fraction of sp³-hybridized carbons (Fsp3) is 0.500. The van der Waals surface area contributed by atoms with Gasteiger partial charge >= 0.3 is 18.1 Å². The summed E-state index contributed by atoms with van der Waals surface area (Å²) in [6.45, 7) is 7.80. The lowest BCUT2D eigenvalue weighted by molar-refractivity contribution is -0.170. The molecule has 4 fully saturated rings. The molecule has 8 rings (SSSR count). The third kappa shape index (κ3) is 7.89. The number of phenols is 1. The molecule has 16 heteroatoms. The second kappa shape index (κ2) is 16.8. The van der Waals surface area contributed by atoms with Gasteiger partial charge in [-0.1, -0.05) is 25.8 Å². The van der Waals surface area contributed by atoms with Gasteiger partial charge in [0.15, 0.2) is 5.82 Å². The molecule has 4 aromatic rings. The first kappa shape index (κ1) is 40.8. The van der Waals surface area contributed by atoms with Gasteiger partial charge in [0, 0.05) is 49.7 Å². The number of likely N-dealkylation sites (N-methyl/N-ethyl adjacent to an activating group) is 1. The van der Waals surface area contributed by atoms with Crippen molar-refractivity contribution in [2.45, 2.75) is 89.5 Å². The van der Waals surface area contributed by atoms with E-state index in [0.717, 1.165) is 13.0 Å².